The first-order valence-corrected chi connectivity index (χ1v) is 15.6. The van der Waals surface area contributed by atoms with Crippen molar-refractivity contribution in [2.45, 2.75) is 55.5 Å². The lowest BCUT2D eigenvalue weighted by Crippen LogP contribution is -2.49. The molecule has 49 heavy (non-hydrogen) atoms. The van der Waals surface area contributed by atoms with E-state index >= 15 is 0 Å². The number of carbonyl (C=O) groups is 2. The van der Waals surface area contributed by atoms with E-state index in [9.17, 15) is 32.3 Å². The molecule has 256 valence electrons. The second-order valence-electron chi connectivity index (χ2n) is 12.8. The van der Waals surface area contributed by atoms with Crippen LogP contribution >= 0.6 is 0 Å². The summed E-state index contributed by atoms with van der Waals surface area (Å²) >= 11 is 0. The van der Waals surface area contributed by atoms with Crippen LogP contribution in [0.1, 0.15) is 53.3 Å². The molecule has 4 aromatic rings. The van der Waals surface area contributed by atoms with Gasteiger partial charge >= 0.3 is 6.29 Å². The molecule has 2 atom stereocenters. The summed E-state index contributed by atoms with van der Waals surface area (Å²) in [6, 6.07) is 8.32. The molecule has 2 fully saturated rings. The number of benzene rings is 2. The topological polar surface area (TPSA) is 160 Å². The summed E-state index contributed by atoms with van der Waals surface area (Å²) in [5.41, 5.74) is 1.33. The second-order valence-corrected chi connectivity index (χ2v) is 12.8. The molecule has 0 bridgehead atoms. The molecule has 2 aliphatic heterocycles. The summed E-state index contributed by atoms with van der Waals surface area (Å²) in [6.07, 6.45) is -2.34. The highest BCUT2D eigenvalue weighted by molar-refractivity contribution is 6.00. The van der Waals surface area contributed by atoms with Crippen LogP contribution in [-0.4, -0.2) is 64.7 Å². The standard InChI is InChI=1S/C33H29F4N5O7/c1-46-23-10-16(8-17-12-42(19-5-6-19)41-25(17)23)28(43)39-13-32(45,18-3-4-18)24-11-20-27(47-14-31(20,29(34)35)30(38)44)26(40-24)15-2-7-21-22(9-15)49-33(36,37)48-21/h2,7-12,18-19,29,45H,3-6,13-14H2,1H3,(H2,38,44)(H,39,43)/t31-,32-/m1/s1. The Hall–Kier alpha value is -5.12. The van der Waals surface area contributed by atoms with Crippen LogP contribution in [0.3, 0.4) is 0 Å². The average molecular weight is 684 g/mol. The predicted molar refractivity (Wildman–Crippen MR) is 162 cm³/mol. The smallest absolute Gasteiger partial charge is 0.494 e. The van der Waals surface area contributed by atoms with Gasteiger partial charge < -0.3 is 35.1 Å². The van der Waals surface area contributed by atoms with E-state index in [0.29, 0.717) is 35.5 Å². The maximum atomic E-state index is 14.7. The number of primary amides is 1. The molecule has 4 aliphatic rings. The van der Waals surface area contributed by atoms with Gasteiger partial charge in [-0.1, -0.05) is 0 Å². The molecule has 2 aromatic carbocycles. The maximum Gasteiger partial charge on any atom is 0.586 e. The van der Waals surface area contributed by atoms with Gasteiger partial charge in [0.15, 0.2) is 16.9 Å². The number of nitrogens with one attached hydrogen (secondary N) is 1. The fourth-order valence-electron chi connectivity index (χ4n) is 6.54. The number of nitrogens with zero attached hydrogens (tertiary/aromatic N) is 3. The first kappa shape index (κ1) is 31.2. The van der Waals surface area contributed by atoms with E-state index < -0.39 is 54.6 Å². The number of aromatic nitrogens is 3. The summed E-state index contributed by atoms with van der Waals surface area (Å²) in [4.78, 5) is 30.8. The first-order valence-electron chi connectivity index (χ1n) is 15.6. The largest absolute Gasteiger partial charge is 0.586 e. The lowest BCUT2D eigenvalue weighted by molar-refractivity contribution is -0.286. The molecule has 2 saturated carbocycles. The summed E-state index contributed by atoms with van der Waals surface area (Å²) in [5.74, 6) is -2.84. The monoisotopic (exact) mass is 683 g/mol. The zero-order valence-corrected chi connectivity index (χ0v) is 25.8. The molecule has 4 heterocycles. The number of aliphatic hydroxyl groups is 1. The van der Waals surface area contributed by atoms with Gasteiger partial charge in [-0.3, -0.25) is 14.3 Å². The Bertz CT molecular complexity index is 2050. The summed E-state index contributed by atoms with van der Waals surface area (Å²) in [7, 11) is 1.47. The van der Waals surface area contributed by atoms with E-state index in [-0.39, 0.29) is 45.3 Å². The highest BCUT2D eigenvalue weighted by Crippen LogP contribution is 2.52. The lowest BCUT2D eigenvalue weighted by Gasteiger charge is -2.30. The van der Waals surface area contributed by atoms with Gasteiger partial charge in [-0.2, -0.15) is 5.10 Å². The molecular formula is C33H29F4N5O7. The number of hydrogen-bond acceptors (Lipinski definition) is 9. The van der Waals surface area contributed by atoms with Crippen LogP contribution in [-0.2, 0) is 15.8 Å². The van der Waals surface area contributed by atoms with Gasteiger partial charge in [-0.15, -0.1) is 8.78 Å². The molecule has 0 spiro atoms. The molecule has 8 rings (SSSR count). The average Bonchev–Trinajstić information content (AvgIpc) is 3.99. The number of nitrogens with two attached hydrogens (primary N) is 1. The Kier molecular flexibility index (Phi) is 6.80. The fraction of sp³-hybridized carbons (Fsp3) is 0.394. The fourth-order valence-corrected chi connectivity index (χ4v) is 6.54. The van der Waals surface area contributed by atoms with Gasteiger partial charge in [0.2, 0.25) is 5.91 Å². The Labute approximate surface area is 275 Å². The van der Waals surface area contributed by atoms with Crippen LogP contribution in [0.5, 0.6) is 23.0 Å². The van der Waals surface area contributed by atoms with E-state index in [1.54, 1.807) is 6.07 Å². The van der Waals surface area contributed by atoms with Crippen molar-refractivity contribution >= 4 is 22.7 Å². The van der Waals surface area contributed by atoms with E-state index in [0.717, 1.165) is 25.0 Å². The van der Waals surface area contributed by atoms with E-state index in [1.165, 1.54) is 25.3 Å². The van der Waals surface area contributed by atoms with Crippen LogP contribution in [0.15, 0.2) is 42.6 Å². The lowest BCUT2D eigenvalue weighted by atomic mass is 9.79. The van der Waals surface area contributed by atoms with E-state index in [2.05, 4.69) is 24.9 Å². The Morgan fingerprint density at radius 1 is 1.14 bits per heavy atom. The molecule has 2 aliphatic carbocycles. The minimum absolute atomic E-state index is 0.0852. The van der Waals surface area contributed by atoms with Crippen molar-refractivity contribution < 1.29 is 51.2 Å². The summed E-state index contributed by atoms with van der Waals surface area (Å²) in [6.45, 7) is -1.22. The van der Waals surface area contributed by atoms with E-state index in [1.807, 2.05) is 10.9 Å². The number of rotatable bonds is 10. The number of halogens is 4. The van der Waals surface area contributed by atoms with Crippen molar-refractivity contribution in [1.29, 1.82) is 0 Å². The van der Waals surface area contributed by atoms with Crippen molar-refractivity contribution in [3.05, 3.63) is 59.4 Å². The van der Waals surface area contributed by atoms with Crippen LogP contribution in [0.25, 0.3) is 22.2 Å². The Morgan fingerprint density at radius 3 is 2.57 bits per heavy atom. The molecule has 16 heteroatoms. The van der Waals surface area contributed by atoms with Crippen molar-refractivity contribution in [3.8, 4) is 34.3 Å². The highest BCUT2D eigenvalue weighted by Gasteiger charge is 2.56. The van der Waals surface area contributed by atoms with Crippen LogP contribution in [0.2, 0.25) is 0 Å². The minimum atomic E-state index is -3.93. The third-order valence-electron chi connectivity index (χ3n) is 9.59. The van der Waals surface area contributed by atoms with Crippen molar-refractivity contribution in [2.75, 3.05) is 20.3 Å². The van der Waals surface area contributed by atoms with Gasteiger partial charge in [0.1, 0.15) is 34.9 Å². The normalized spacial score (nSPS) is 21.7. The zero-order valence-electron chi connectivity index (χ0n) is 25.8. The number of amides is 2. The molecule has 12 nitrogen and oxygen atoms in total. The molecule has 4 N–H and O–H groups in total. The molecule has 0 radical (unpaired) electrons. The molecule has 0 saturated heterocycles. The number of ether oxygens (including phenoxy) is 4. The maximum absolute atomic E-state index is 14.7. The van der Waals surface area contributed by atoms with Gasteiger partial charge in [0.05, 0.1) is 25.4 Å². The summed E-state index contributed by atoms with van der Waals surface area (Å²) < 4.78 is 79.1. The van der Waals surface area contributed by atoms with Crippen molar-refractivity contribution in [1.82, 2.24) is 20.1 Å². The molecule has 2 aromatic heterocycles. The second kappa shape index (κ2) is 10.7. The number of hydrogen-bond donors (Lipinski definition) is 3. The van der Waals surface area contributed by atoms with Crippen LogP contribution < -0.4 is 30.0 Å². The number of alkyl halides is 4. The quantitative estimate of drug-likeness (QED) is 0.209. The third-order valence-corrected chi connectivity index (χ3v) is 9.59. The number of pyridine rings is 1. The number of methoxy groups -OCH3 is 1. The SMILES string of the molecule is COc1cc(C(=O)NC[C@](O)(c2cc3c(c(-c4ccc5c(c4)OC(F)(F)O5)n2)OC[C@]3(C(N)=O)C(F)F)C2CC2)cc2cn(C3CC3)nc12. The van der Waals surface area contributed by atoms with Crippen molar-refractivity contribution in [2.24, 2.45) is 11.7 Å². The van der Waals surface area contributed by atoms with Gasteiger partial charge in [0.25, 0.3) is 12.3 Å². The minimum Gasteiger partial charge on any atom is -0.494 e. The third kappa shape index (κ3) is 4.99. The zero-order chi connectivity index (χ0) is 34.5. The van der Waals surface area contributed by atoms with Crippen LogP contribution in [0.4, 0.5) is 17.6 Å². The molecular weight excluding hydrogens is 654 g/mol. The summed E-state index contributed by atoms with van der Waals surface area (Å²) in [5, 5.41) is 20.3. The van der Waals surface area contributed by atoms with Gasteiger partial charge in [-0.05, 0) is 68.0 Å². The van der Waals surface area contributed by atoms with Gasteiger partial charge in [-0.25, -0.2) is 13.8 Å². The number of carbonyl (C=O) groups excluding carboxylic acids is 2. The highest BCUT2D eigenvalue weighted by atomic mass is 19.3. The Morgan fingerprint density at radius 2 is 1.90 bits per heavy atom. The van der Waals surface area contributed by atoms with Gasteiger partial charge in [0, 0.05) is 28.3 Å². The van der Waals surface area contributed by atoms with E-state index in [4.69, 9.17) is 15.2 Å². The van der Waals surface area contributed by atoms with Crippen LogP contribution in [0, 0.1) is 5.92 Å². The number of fused-ring (bicyclic) bond motifs is 3. The van der Waals surface area contributed by atoms with Crippen molar-refractivity contribution in [3.63, 3.8) is 0 Å². The Balaban J connectivity index is 1.19. The first-order chi connectivity index (χ1) is 23.3. The molecule has 2 amide bonds. The molecule has 0 unspecified atom stereocenters. The predicted octanol–water partition coefficient (Wildman–Crippen LogP) is 4.17.